The summed E-state index contributed by atoms with van der Waals surface area (Å²) in [6.45, 7) is 9.78. The molecule has 2 rings (SSSR count). The van der Waals surface area contributed by atoms with Gasteiger partial charge in [-0.3, -0.25) is 0 Å². The molecule has 1 saturated heterocycles. The number of aliphatic hydroxyl groups excluding tert-OH is 1. The van der Waals surface area contributed by atoms with Crippen LogP contribution < -0.4 is 4.90 Å². The summed E-state index contributed by atoms with van der Waals surface area (Å²) in [5.41, 5.74) is 2.29. The molecule has 0 aromatic heterocycles. The van der Waals surface area contributed by atoms with E-state index in [-0.39, 0.29) is 10.6 Å². The molecule has 4 heteroatoms. The van der Waals surface area contributed by atoms with E-state index >= 15 is 0 Å². The first-order valence-corrected chi connectivity index (χ1v) is 7.66. The van der Waals surface area contributed by atoms with Gasteiger partial charge in [-0.15, -0.1) is 0 Å². The minimum Gasteiger partial charge on any atom is -0.389 e. The lowest BCUT2D eigenvalue weighted by atomic mass is 10.0. The summed E-state index contributed by atoms with van der Waals surface area (Å²) in [6, 6.07) is 3.34. The van der Waals surface area contributed by atoms with Crippen LogP contribution >= 0.6 is 11.8 Å². The summed E-state index contributed by atoms with van der Waals surface area (Å²) >= 11 is 1.96. The van der Waals surface area contributed by atoms with Gasteiger partial charge in [0.2, 0.25) is 0 Å². The van der Waals surface area contributed by atoms with Crippen LogP contribution in [0.4, 0.5) is 10.1 Å². The average molecular weight is 283 g/mol. The van der Waals surface area contributed by atoms with Crippen LogP contribution in [0, 0.1) is 12.7 Å². The van der Waals surface area contributed by atoms with Crippen molar-refractivity contribution in [3.05, 3.63) is 29.1 Å². The molecule has 0 bridgehead atoms. The molecule has 1 aliphatic heterocycles. The molecule has 1 heterocycles. The van der Waals surface area contributed by atoms with Gasteiger partial charge in [0, 0.05) is 34.8 Å². The fraction of sp³-hybridized carbons (Fsp3) is 0.600. The molecule has 0 unspecified atom stereocenters. The van der Waals surface area contributed by atoms with E-state index in [9.17, 15) is 9.50 Å². The summed E-state index contributed by atoms with van der Waals surface area (Å²) in [7, 11) is 0. The first-order chi connectivity index (χ1) is 8.80. The number of thioether (sulfide) groups is 1. The van der Waals surface area contributed by atoms with E-state index in [0.717, 1.165) is 24.5 Å². The Morgan fingerprint density at radius 2 is 2.11 bits per heavy atom. The Kier molecular flexibility index (Phi) is 4.11. The number of aliphatic hydroxyl groups is 1. The summed E-state index contributed by atoms with van der Waals surface area (Å²) in [5.74, 6) is 0.813. The van der Waals surface area contributed by atoms with Crippen molar-refractivity contribution in [3.8, 4) is 0 Å². The van der Waals surface area contributed by atoms with Crippen LogP contribution in [0.3, 0.4) is 0 Å². The Bertz CT molecular complexity index is 473. The number of benzene rings is 1. The van der Waals surface area contributed by atoms with Gasteiger partial charge in [-0.2, -0.15) is 11.8 Å². The predicted octanol–water partition coefficient (Wildman–Crippen LogP) is 3.52. The zero-order valence-corrected chi connectivity index (χ0v) is 12.9. The molecule has 0 aliphatic carbocycles. The molecule has 0 radical (unpaired) electrons. The number of rotatable bonds is 2. The highest BCUT2D eigenvalue weighted by atomic mass is 32.2. The third-order valence-electron chi connectivity index (χ3n) is 3.52. The zero-order chi connectivity index (χ0) is 14.2. The number of halogens is 1. The van der Waals surface area contributed by atoms with Gasteiger partial charge in [-0.25, -0.2) is 4.39 Å². The van der Waals surface area contributed by atoms with Crippen molar-refractivity contribution in [2.75, 3.05) is 23.7 Å². The minimum absolute atomic E-state index is 0.191. The van der Waals surface area contributed by atoms with Crippen molar-refractivity contribution < 1.29 is 9.50 Å². The predicted molar refractivity (Wildman–Crippen MR) is 80.5 cm³/mol. The molecule has 1 fully saturated rings. The molecule has 1 aromatic rings. The third-order valence-corrected chi connectivity index (χ3v) is 4.82. The monoisotopic (exact) mass is 283 g/mol. The van der Waals surface area contributed by atoms with E-state index in [1.807, 2.05) is 17.8 Å². The number of hydrogen-bond donors (Lipinski definition) is 1. The molecule has 1 aromatic carbocycles. The summed E-state index contributed by atoms with van der Waals surface area (Å²) in [5, 5.41) is 9.88. The van der Waals surface area contributed by atoms with Gasteiger partial charge in [-0.1, -0.05) is 0 Å². The molecular formula is C15H22FNOS. The highest BCUT2D eigenvalue weighted by molar-refractivity contribution is 8.00. The maximum atomic E-state index is 13.7. The standard InChI is InChI=1S/C15H22FNOS/c1-10-7-14(12(11(2)18)8-13(10)16)17-5-6-19-15(3,4)9-17/h7-8,11,18H,5-6,9H2,1-4H3/t11-/m1/s1. The largest absolute Gasteiger partial charge is 0.389 e. The van der Waals surface area contributed by atoms with Gasteiger partial charge in [0.25, 0.3) is 0 Å². The van der Waals surface area contributed by atoms with E-state index in [1.165, 1.54) is 6.07 Å². The van der Waals surface area contributed by atoms with Gasteiger partial charge < -0.3 is 10.0 Å². The lowest BCUT2D eigenvalue weighted by Crippen LogP contribution is -2.43. The molecule has 0 amide bonds. The highest BCUT2D eigenvalue weighted by Gasteiger charge is 2.29. The smallest absolute Gasteiger partial charge is 0.126 e. The quantitative estimate of drug-likeness (QED) is 0.898. The number of hydrogen-bond acceptors (Lipinski definition) is 3. The molecule has 1 aliphatic rings. The van der Waals surface area contributed by atoms with Gasteiger partial charge >= 0.3 is 0 Å². The Hall–Kier alpha value is -0.740. The molecule has 2 nitrogen and oxygen atoms in total. The molecule has 1 atom stereocenters. The summed E-state index contributed by atoms with van der Waals surface area (Å²) < 4.78 is 13.9. The van der Waals surface area contributed by atoms with Crippen LogP contribution in [-0.2, 0) is 0 Å². The van der Waals surface area contributed by atoms with E-state index in [1.54, 1.807) is 13.8 Å². The topological polar surface area (TPSA) is 23.5 Å². The van der Waals surface area contributed by atoms with Gasteiger partial charge in [-0.05, 0) is 45.4 Å². The Balaban J connectivity index is 2.40. The van der Waals surface area contributed by atoms with Crippen molar-refractivity contribution in [1.29, 1.82) is 0 Å². The molecule has 0 spiro atoms. The van der Waals surface area contributed by atoms with Gasteiger partial charge in [0.1, 0.15) is 5.82 Å². The average Bonchev–Trinajstić information content (AvgIpc) is 2.30. The fourth-order valence-corrected chi connectivity index (χ4v) is 3.62. The lowest BCUT2D eigenvalue weighted by molar-refractivity contribution is 0.199. The highest BCUT2D eigenvalue weighted by Crippen LogP contribution is 2.36. The number of anilines is 1. The SMILES string of the molecule is Cc1cc(N2CCSC(C)(C)C2)c([C@@H](C)O)cc1F. The molecule has 1 N–H and O–H groups in total. The molecular weight excluding hydrogens is 261 g/mol. The third kappa shape index (κ3) is 3.23. The second-order valence-corrected chi connectivity index (χ2v) is 7.67. The van der Waals surface area contributed by atoms with E-state index < -0.39 is 6.10 Å². The van der Waals surface area contributed by atoms with Crippen LogP contribution in [0.25, 0.3) is 0 Å². The first kappa shape index (κ1) is 14.7. The Morgan fingerprint density at radius 3 is 2.68 bits per heavy atom. The second kappa shape index (κ2) is 5.33. The minimum atomic E-state index is -0.650. The van der Waals surface area contributed by atoms with Crippen molar-refractivity contribution >= 4 is 17.4 Å². The maximum absolute atomic E-state index is 13.7. The second-order valence-electron chi connectivity index (χ2n) is 5.87. The van der Waals surface area contributed by atoms with Crippen LogP contribution in [0.2, 0.25) is 0 Å². The first-order valence-electron chi connectivity index (χ1n) is 6.67. The van der Waals surface area contributed by atoms with E-state index in [4.69, 9.17) is 0 Å². The summed E-state index contributed by atoms with van der Waals surface area (Å²) in [6.07, 6.45) is -0.650. The number of aryl methyl sites for hydroxylation is 1. The van der Waals surface area contributed by atoms with Crippen molar-refractivity contribution in [2.45, 2.75) is 38.5 Å². The Labute approximate surface area is 119 Å². The van der Waals surface area contributed by atoms with E-state index in [2.05, 4.69) is 18.7 Å². The molecule has 106 valence electrons. The van der Waals surface area contributed by atoms with Crippen molar-refractivity contribution in [2.24, 2.45) is 0 Å². The lowest BCUT2D eigenvalue weighted by Gasteiger charge is -2.40. The van der Waals surface area contributed by atoms with Gasteiger partial charge in [0.05, 0.1) is 6.10 Å². The zero-order valence-electron chi connectivity index (χ0n) is 12.0. The van der Waals surface area contributed by atoms with Crippen LogP contribution in [0.1, 0.15) is 38.0 Å². The molecule has 19 heavy (non-hydrogen) atoms. The number of nitrogens with zero attached hydrogens (tertiary/aromatic N) is 1. The van der Waals surface area contributed by atoms with Crippen molar-refractivity contribution in [1.82, 2.24) is 0 Å². The van der Waals surface area contributed by atoms with E-state index in [0.29, 0.717) is 11.1 Å². The normalized spacial score (nSPS) is 20.4. The maximum Gasteiger partial charge on any atom is 0.126 e. The van der Waals surface area contributed by atoms with Crippen molar-refractivity contribution in [3.63, 3.8) is 0 Å². The fourth-order valence-electron chi connectivity index (χ4n) is 2.51. The van der Waals surface area contributed by atoms with Crippen LogP contribution in [0.5, 0.6) is 0 Å². The van der Waals surface area contributed by atoms with Crippen LogP contribution in [-0.4, -0.2) is 28.7 Å². The summed E-state index contributed by atoms with van der Waals surface area (Å²) in [4.78, 5) is 2.27. The molecule has 0 saturated carbocycles. The Morgan fingerprint density at radius 1 is 1.42 bits per heavy atom. The van der Waals surface area contributed by atoms with Gasteiger partial charge in [0.15, 0.2) is 0 Å². The van der Waals surface area contributed by atoms with Crippen LogP contribution in [0.15, 0.2) is 12.1 Å².